The summed E-state index contributed by atoms with van der Waals surface area (Å²) in [6.07, 6.45) is 1.74. The summed E-state index contributed by atoms with van der Waals surface area (Å²) in [5.41, 5.74) is 3.57. The van der Waals surface area contributed by atoms with Crippen molar-refractivity contribution < 1.29 is 0 Å². The van der Waals surface area contributed by atoms with Crippen LogP contribution in [0.1, 0.15) is 16.7 Å². The number of hydrogen-bond donors (Lipinski definition) is 0. The maximum atomic E-state index is 6.23. The first-order chi connectivity index (χ1) is 9.60. The zero-order valence-electron chi connectivity index (χ0n) is 11.4. The number of benzene rings is 2. The second-order valence-corrected chi connectivity index (χ2v) is 6.24. The first kappa shape index (κ1) is 15.7. The quantitative estimate of drug-likeness (QED) is 0.596. The van der Waals surface area contributed by atoms with E-state index in [4.69, 9.17) is 34.8 Å². The molecular weight excluding hydrogens is 311 g/mol. The van der Waals surface area contributed by atoms with Gasteiger partial charge in [0.15, 0.2) is 0 Å². The van der Waals surface area contributed by atoms with Crippen LogP contribution in [0.2, 0.25) is 10.0 Å². The lowest BCUT2D eigenvalue weighted by Gasteiger charge is -2.16. The third-order valence-electron chi connectivity index (χ3n) is 3.38. The fourth-order valence-electron chi connectivity index (χ4n) is 2.37. The van der Waals surface area contributed by atoms with Gasteiger partial charge in [0.25, 0.3) is 0 Å². The van der Waals surface area contributed by atoms with Gasteiger partial charge in [-0.3, -0.25) is 0 Å². The fourth-order valence-corrected chi connectivity index (χ4v) is 3.14. The zero-order valence-corrected chi connectivity index (χ0v) is 13.6. The molecule has 2 aromatic rings. The molecule has 0 saturated heterocycles. The Morgan fingerprint density at radius 1 is 0.950 bits per heavy atom. The number of alkyl halides is 1. The molecule has 0 amide bonds. The van der Waals surface area contributed by atoms with Crippen LogP contribution in [0, 0.1) is 12.8 Å². The van der Waals surface area contributed by atoms with Crippen molar-refractivity contribution in [1.82, 2.24) is 0 Å². The van der Waals surface area contributed by atoms with E-state index in [0.29, 0.717) is 11.8 Å². The van der Waals surface area contributed by atoms with Gasteiger partial charge in [0, 0.05) is 15.9 Å². The Kier molecular flexibility index (Phi) is 5.77. The molecule has 20 heavy (non-hydrogen) atoms. The molecule has 0 spiro atoms. The monoisotopic (exact) mass is 326 g/mol. The Labute approximate surface area is 135 Å². The molecule has 2 aromatic carbocycles. The molecule has 106 valence electrons. The van der Waals surface area contributed by atoms with E-state index in [1.807, 2.05) is 18.2 Å². The standard InChI is InChI=1S/C17H17Cl3/c1-12-4-2-5-13(8-12)9-14(11-18)10-15-16(19)6-3-7-17(15)20/h2-8,14H,9-11H2,1H3. The van der Waals surface area contributed by atoms with Crippen LogP contribution >= 0.6 is 34.8 Å². The minimum atomic E-state index is 0.330. The van der Waals surface area contributed by atoms with Gasteiger partial charge in [0.1, 0.15) is 0 Å². The molecule has 0 fully saturated rings. The van der Waals surface area contributed by atoms with Crippen molar-refractivity contribution in [2.75, 3.05) is 5.88 Å². The molecule has 0 aliphatic carbocycles. The molecule has 0 nitrogen and oxygen atoms in total. The lowest BCUT2D eigenvalue weighted by molar-refractivity contribution is 0.584. The molecule has 1 unspecified atom stereocenters. The highest BCUT2D eigenvalue weighted by atomic mass is 35.5. The average Bonchev–Trinajstić information content (AvgIpc) is 2.42. The van der Waals surface area contributed by atoms with E-state index in [1.54, 1.807) is 0 Å². The average molecular weight is 328 g/mol. The van der Waals surface area contributed by atoms with Gasteiger partial charge < -0.3 is 0 Å². The van der Waals surface area contributed by atoms with Gasteiger partial charge >= 0.3 is 0 Å². The van der Waals surface area contributed by atoms with Crippen LogP contribution in [0.15, 0.2) is 42.5 Å². The molecule has 2 rings (SSSR count). The molecule has 0 radical (unpaired) electrons. The lowest BCUT2D eigenvalue weighted by atomic mass is 9.93. The van der Waals surface area contributed by atoms with Gasteiger partial charge in [-0.25, -0.2) is 0 Å². The van der Waals surface area contributed by atoms with Crippen molar-refractivity contribution in [3.8, 4) is 0 Å². The summed E-state index contributed by atoms with van der Waals surface area (Å²) >= 11 is 18.6. The van der Waals surface area contributed by atoms with Crippen molar-refractivity contribution in [3.63, 3.8) is 0 Å². The van der Waals surface area contributed by atoms with Gasteiger partial charge in [-0.05, 0) is 48.9 Å². The first-order valence-corrected chi connectivity index (χ1v) is 7.93. The number of rotatable bonds is 5. The Morgan fingerprint density at radius 3 is 2.20 bits per heavy atom. The molecule has 0 bridgehead atoms. The largest absolute Gasteiger partial charge is 0.126 e. The smallest absolute Gasteiger partial charge is 0.0452 e. The Balaban J connectivity index is 2.13. The highest BCUT2D eigenvalue weighted by molar-refractivity contribution is 6.36. The summed E-state index contributed by atoms with van der Waals surface area (Å²) in [7, 11) is 0. The minimum Gasteiger partial charge on any atom is -0.126 e. The van der Waals surface area contributed by atoms with Crippen LogP contribution < -0.4 is 0 Å². The Bertz CT molecular complexity index is 558. The number of halogens is 3. The van der Waals surface area contributed by atoms with Crippen LogP contribution in [0.5, 0.6) is 0 Å². The topological polar surface area (TPSA) is 0 Å². The third kappa shape index (κ3) is 4.15. The van der Waals surface area contributed by atoms with Crippen molar-refractivity contribution in [1.29, 1.82) is 0 Å². The third-order valence-corrected chi connectivity index (χ3v) is 4.52. The van der Waals surface area contributed by atoms with E-state index >= 15 is 0 Å². The van der Waals surface area contributed by atoms with E-state index in [0.717, 1.165) is 28.5 Å². The van der Waals surface area contributed by atoms with Crippen LogP contribution in [0.25, 0.3) is 0 Å². The van der Waals surface area contributed by atoms with E-state index < -0.39 is 0 Å². The molecular formula is C17H17Cl3. The maximum Gasteiger partial charge on any atom is 0.0452 e. The summed E-state index contributed by atoms with van der Waals surface area (Å²) in [5.74, 6) is 0.922. The van der Waals surface area contributed by atoms with Gasteiger partial charge in [-0.2, -0.15) is 0 Å². The molecule has 0 saturated carbocycles. The van der Waals surface area contributed by atoms with Crippen molar-refractivity contribution >= 4 is 34.8 Å². The van der Waals surface area contributed by atoms with Gasteiger partial charge in [0.05, 0.1) is 0 Å². The summed E-state index contributed by atoms with van der Waals surface area (Å²) < 4.78 is 0. The van der Waals surface area contributed by atoms with Crippen LogP contribution in [0.4, 0.5) is 0 Å². The van der Waals surface area contributed by atoms with Gasteiger partial charge in [-0.1, -0.05) is 59.1 Å². The zero-order chi connectivity index (χ0) is 14.5. The molecule has 3 heteroatoms. The van der Waals surface area contributed by atoms with E-state index in [2.05, 4.69) is 31.2 Å². The number of hydrogen-bond acceptors (Lipinski definition) is 0. The van der Waals surface area contributed by atoms with E-state index in [9.17, 15) is 0 Å². The summed E-state index contributed by atoms with van der Waals surface area (Å²) in [6, 6.07) is 14.1. The Morgan fingerprint density at radius 2 is 1.60 bits per heavy atom. The summed E-state index contributed by atoms with van der Waals surface area (Å²) in [6.45, 7) is 2.10. The summed E-state index contributed by atoms with van der Waals surface area (Å²) in [5, 5.41) is 1.44. The molecule has 0 aromatic heterocycles. The van der Waals surface area contributed by atoms with Crippen LogP contribution in [0.3, 0.4) is 0 Å². The van der Waals surface area contributed by atoms with Crippen molar-refractivity contribution in [2.24, 2.45) is 5.92 Å². The second-order valence-electron chi connectivity index (χ2n) is 5.12. The molecule has 0 heterocycles. The predicted octanol–water partition coefficient (Wildman–Crippen LogP) is 5.94. The van der Waals surface area contributed by atoms with Crippen LogP contribution in [-0.2, 0) is 12.8 Å². The summed E-state index contributed by atoms with van der Waals surface area (Å²) in [4.78, 5) is 0. The maximum absolute atomic E-state index is 6.23. The molecule has 0 aliphatic rings. The molecule has 0 aliphatic heterocycles. The second kappa shape index (κ2) is 7.36. The number of aryl methyl sites for hydroxylation is 1. The Hall–Kier alpha value is -0.690. The molecule has 0 N–H and O–H groups in total. The molecule has 1 atom stereocenters. The van der Waals surface area contributed by atoms with Crippen molar-refractivity contribution in [2.45, 2.75) is 19.8 Å². The van der Waals surface area contributed by atoms with Gasteiger partial charge in [0.2, 0.25) is 0 Å². The highest BCUT2D eigenvalue weighted by Gasteiger charge is 2.14. The van der Waals surface area contributed by atoms with E-state index in [-0.39, 0.29) is 0 Å². The fraction of sp³-hybridized carbons (Fsp3) is 0.294. The van der Waals surface area contributed by atoms with Crippen LogP contribution in [-0.4, -0.2) is 5.88 Å². The predicted molar refractivity (Wildman–Crippen MR) is 89.3 cm³/mol. The first-order valence-electron chi connectivity index (χ1n) is 6.64. The van der Waals surface area contributed by atoms with Gasteiger partial charge in [-0.15, -0.1) is 11.6 Å². The van der Waals surface area contributed by atoms with E-state index in [1.165, 1.54) is 11.1 Å². The lowest BCUT2D eigenvalue weighted by Crippen LogP contribution is -2.11. The SMILES string of the molecule is Cc1cccc(CC(CCl)Cc2c(Cl)cccc2Cl)c1. The minimum absolute atomic E-state index is 0.330. The highest BCUT2D eigenvalue weighted by Crippen LogP contribution is 2.28. The van der Waals surface area contributed by atoms with Crippen molar-refractivity contribution in [3.05, 3.63) is 69.2 Å². The normalized spacial score (nSPS) is 12.4.